The summed E-state index contributed by atoms with van der Waals surface area (Å²) >= 11 is 0. The van der Waals surface area contributed by atoms with Gasteiger partial charge < -0.3 is 9.47 Å². The van der Waals surface area contributed by atoms with Gasteiger partial charge in [0, 0.05) is 5.92 Å². The molecule has 0 bridgehead atoms. The molecule has 0 N–H and O–H groups in total. The van der Waals surface area contributed by atoms with Gasteiger partial charge in [0.25, 0.3) is 0 Å². The molecule has 0 radical (unpaired) electrons. The quantitative estimate of drug-likeness (QED) is 0.634. The SMILES string of the molecule is CCOC(=O)C1=C2OCC[C@H]2CCC1. The summed E-state index contributed by atoms with van der Waals surface area (Å²) in [5.41, 5.74) is 0.792. The predicted octanol–water partition coefficient (Wildman–Crippen LogP) is 2.02. The van der Waals surface area contributed by atoms with Crippen LogP contribution < -0.4 is 0 Å². The van der Waals surface area contributed by atoms with Crippen molar-refractivity contribution in [2.24, 2.45) is 5.92 Å². The maximum atomic E-state index is 11.6. The van der Waals surface area contributed by atoms with Gasteiger partial charge >= 0.3 is 5.97 Å². The number of ether oxygens (including phenoxy) is 2. The van der Waals surface area contributed by atoms with Gasteiger partial charge in [0.15, 0.2) is 0 Å². The molecule has 1 saturated heterocycles. The number of fused-ring (bicyclic) bond motifs is 1. The smallest absolute Gasteiger partial charge is 0.337 e. The van der Waals surface area contributed by atoms with Crippen molar-refractivity contribution < 1.29 is 14.3 Å². The van der Waals surface area contributed by atoms with Crippen LogP contribution in [0.1, 0.15) is 32.6 Å². The van der Waals surface area contributed by atoms with Crippen molar-refractivity contribution in [3.05, 3.63) is 11.3 Å². The fraction of sp³-hybridized carbons (Fsp3) is 0.727. The minimum absolute atomic E-state index is 0.172. The minimum Gasteiger partial charge on any atom is -0.497 e. The number of allylic oxidation sites excluding steroid dienone is 1. The van der Waals surface area contributed by atoms with Gasteiger partial charge in [0.05, 0.1) is 18.8 Å². The molecule has 0 spiro atoms. The van der Waals surface area contributed by atoms with E-state index in [0.29, 0.717) is 12.5 Å². The van der Waals surface area contributed by atoms with Gasteiger partial charge in [-0.2, -0.15) is 0 Å². The van der Waals surface area contributed by atoms with E-state index in [-0.39, 0.29) is 5.97 Å². The number of hydrogen-bond acceptors (Lipinski definition) is 3. The Morgan fingerprint density at radius 2 is 2.43 bits per heavy atom. The monoisotopic (exact) mass is 196 g/mol. The fourth-order valence-electron chi connectivity index (χ4n) is 2.24. The standard InChI is InChI=1S/C11H16O3/c1-2-13-11(12)9-5-3-4-8-6-7-14-10(8)9/h8H,2-7H2,1H3/t8-/m1/s1. The molecule has 0 amide bonds. The molecule has 2 rings (SSSR count). The Balaban J connectivity index is 2.18. The highest BCUT2D eigenvalue weighted by Crippen LogP contribution is 2.37. The molecule has 1 aliphatic carbocycles. The Bertz CT molecular complexity index is 268. The van der Waals surface area contributed by atoms with Crippen molar-refractivity contribution in [1.29, 1.82) is 0 Å². The third-order valence-corrected chi connectivity index (χ3v) is 2.89. The number of hydrogen-bond donors (Lipinski definition) is 0. The van der Waals surface area contributed by atoms with Gasteiger partial charge in [-0.3, -0.25) is 0 Å². The first-order valence-electron chi connectivity index (χ1n) is 5.36. The molecule has 2 aliphatic rings. The molecule has 78 valence electrons. The van der Waals surface area contributed by atoms with Crippen LogP contribution in [0.3, 0.4) is 0 Å². The van der Waals surface area contributed by atoms with E-state index < -0.39 is 0 Å². The summed E-state index contributed by atoms with van der Waals surface area (Å²) < 4.78 is 10.5. The van der Waals surface area contributed by atoms with Crippen molar-refractivity contribution >= 4 is 5.97 Å². The van der Waals surface area contributed by atoms with E-state index in [9.17, 15) is 4.79 Å². The summed E-state index contributed by atoms with van der Waals surface area (Å²) in [7, 11) is 0. The Morgan fingerprint density at radius 1 is 1.57 bits per heavy atom. The Hall–Kier alpha value is -0.990. The van der Waals surface area contributed by atoms with Gasteiger partial charge in [0.2, 0.25) is 0 Å². The highest BCUT2D eigenvalue weighted by atomic mass is 16.5. The number of carbonyl (C=O) groups excluding carboxylic acids is 1. The minimum atomic E-state index is -0.172. The zero-order valence-electron chi connectivity index (χ0n) is 8.54. The van der Waals surface area contributed by atoms with Gasteiger partial charge in [-0.15, -0.1) is 0 Å². The van der Waals surface area contributed by atoms with E-state index in [1.54, 1.807) is 0 Å². The summed E-state index contributed by atoms with van der Waals surface area (Å²) in [5, 5.41) is 0. The lowest BCUT2D eigenvalue weighted by molar-refractivity contribution is -0.139. The van der Waals surface area contributed by atoms with Gasteiger partial charge in [0.1, 0.15) is 5.76 Å². The van der Waals surface area contributed by atoms with Crippen molar-refractivity contribution in [3.8, 4) is 0 Å². The fourth-order valence-corrected chi connectivity index (χ4v) is 2.24. The number of rotatable bonds is 2. The van der Waals surface area contributed by atoms with Gasteiger partial charge in [-0.1, -0.05) is 0 Å². The molecule has 0 saturated carbocycles. The second-order valence-corrected chi connectivity index (χ2v) is 3.79. The van der Waals surface area contributed by atoms with Crippen molar-refractivity contribution in [2.75, 3.05) is 13.2 Å². The molecule has 0 unspecified atom stereocenters. The zero-order valence-corrected chi connectivity index (χ0v) is 8.54. The average Bonchev–Trinajstić information content (AvgIpc) is 2.65. The Kier molecular flexibility index (Phi) is 2.75. The maximum Gasteiger partial charge on any atom is 0.337 e. The highest BCUT2D eigenvalue weighted by molar-refractivity contribution is 5.89. The zero-order chi connectivity index (χ0) is 9.97. The molecular formula is C11H16O3. The summed E-state index contributed by atoms with van der Waals surface area (Å²) in [6, 6.07) is 0. The normalized spacial score (nSPS) is 25.6. The van der Waals surface area contributed by atoms with E-state index in [4.69, 9.17) is 9.47 Å². The second kappa shape index (κ2) is 4.03. The molecule has 0 aromatic heterocycles. The summed E-state index contributed by atoms with van der Waals surface area (Å²) in [5.74, 6) is 1.24. The van der Waals surface area contributed by atoms with E-state index in [0.717, 1.165) is 43.6 Å². The molecule has 3 heteroatoms. The predicted molar refractivity (Wildman–Crippen MR) is 51.6 cm³/mol. The average molecular weight is 196 g/mol. The highest BCUT2D eigenvalue weighted by Gasteiger charge is 2.32. The van der Waals surface area contributed by atoms with Crippen LogP contribution in [0.2, 0.25) is 0 Å². The van der Waals surface area contributed by atoms with Gasteiger partial charge in [-0.05, 0) is 32.6 Å². The van der Waals surface area contributed by atoms with Crippen LogP contribution in [-0.2, 0) is 14.3 Å². The lowest BCUT2D eigenvalue weighted by Crippen LogP contribution is -2.16. The third kappa shape index (κ3) is 1.63. The summed E-state index contributed by atoms with van der Waals surface area (Å²) in [4.78, 5) is 11.6. The molecule has 1 atom stereocenters. The van der Waals surface area contributed by atoms with Crippen molar-refractivity contribution in [3.63, 3.8) is 0 Å². The molecule has 1 heterocycles. The Morgan fingerprint density at radius 3 is 3.21 bits per heavy atom. The topological polar surface area (TPSA) is 35.5 Å². The molecule has 1 fully saturated rings. The van der Waals surface area contributed by atoms with Crippen LogP contribution in [0.5, 0.6) is 0 Å². The van der Waals surface area contributed by atoms with Crippen LogP contribution in [0, 0.1) is 5.92 Å². The lowest BCUT2D eigenvalue weighted by Gasteiger charge is -2.20. The van der Waals surface area contributed by atoms with Crippen LogP contribution in [0.15, 0.2) is 11.3 Å². The van der Waals surface area contributed by atoms with E-state index in [1.807, 2.05) is 6.92 Å². The summed E-state index contributed by atoms with van der Waals surface area (Å²) in [6.07, 6.45) is 4.15. The van der Waals surface area contributed by atoms with Gasteiger partial charge in [-0.25, -0.2) is 4.79 Å². The molecule has 1 aliphatic heterocycles. The third-order valence-electron chi connectivity index (χ3n) is 2.89. The first-order chi connectivity index (χ1) is 6.83. The van der Waals surface area contributed by atoms with Crippen molar-refractivity contribution in [2.45, 2.75) is 32.6 Å². The molecule has 0 aromatic carbocycles. The maximum absolute atomic E-state index is 11.6. The number of carbonyl (C=O) groups is 1. The van der Waals surface area contributed by atoms with Crippen LogP contribution in [-0.4, -0.2) is 19.2 Å². The molecule has 14 heavy (non-hydrogen) atoms. The largest absolute Gasteiger partial charge is 0.497 e. The second-order valence-electron chi connectivity index (χ2n) is 3.79. The summed E-state index contributed by atoms with van der Waals surface area (Å²) in [6.45, 7) is 3.04. The van der Waals surface area contributed by atoms with Crippen molar-refractivity contribution in [1.82, 2.24) is 0 Å². The Labute approximate surface area is 84.1 Å². The van der Waals surface area contributed by atoms with E-state index in [2.05, 4.69) is 0 Å². The molecular weight excluding hydrogens is 180 g/mol. The number of esters is 1. The van der Waals surface area contributed by atoms with E-state index in [1.165, 1.54) is 0 Å². The van der Waals surface area contributed by atoms with Crippen LogP contribution >= 0.6 is 0 Å². The first kappa shape index (κ1) is 9.56. The van der Waals surface area contributed by atoms with E-state index >= 15 is 0 Å². The lowest BCUT2D eigenvalue weighted by atomic mass is 9.88. The molecule has 3 nitrogen and oxygen atoms in total. The molecule has 0 aromatic rings. The first-order valence-corrected chi connectivity index (χ1v) is 5.36. The van der Waals surface area contributed by atoms with Crippen LogP contribution in [0.25, 0.3) is 0 Å². The van der Waals surface area contributed by atoms with Crippen LogP contribution in [0.4, 0.5) is 0 Å².